The average Bonchev–Trinajstić information content (AvgIpc) is 2.50. The molecule has 1 aromatic carbocycles. The van der Waals surface area contributed by atoms with Gasteiger partial charge in [-0.15, -0.1) is 0 Å². The number of benzene rings is 1. The predicted molar refractivity (Wildman–Crippen MR) is 79.7 cm³/mol. The standard InChI is InChI=1S/C16H24N2O2/c1-3-15(13-7-5-4-6-8-13)16(19)18-9-10-20-14(12-18)11-17-2/h4-8,14-15,17H,3,9-12H2,1-2H3. The van der Waals surface area contributed by atoms with Crippen LogP contribution in [-0.4, -0.2) is 50.2 Å². The number of amides is 1. The van der Waals surface area contributed by atoms with Crippen molar-refractivity contribution in [3.8, 4) is 0 Å². The molecule has 0 aliphatic carbocycles. The zero-order valence-corrected chi connectivity index (χ0v) is 12.3. The van der Waals surface area contributed by atoms with Gasteiger partial charge in [0.2, 0.25) is 5.91 Å². The van der Waals surface area contributed by atoms with Gasteiger partial charge < -0.3 is 15.0 Å². The Bertz CT molecular complexity index is 420. The molecule has 2 unspecified atom stereocenters. The third-order valence-corrected chi connectivity index (χ3v) is 3.79. The second kappa shape index (κ2) is 7.41. The van der Waals surface area contributed by atoms with Crippen molar-refractivity contribution >= 4 is 5.91 Å². The highest BCUT2D eigenvalue weighted by Gasteiger charge is 2.28. The fourth-order valence-corrected chi connectivity index (χ4v) is 2.73. The summed E-state index contributed by atoms with van der Waals surface area (Å²) >= 11 is 0. The van der Waals surface area contributed by atoms with Crippen LogP contribution in [0.1, 0.15) is 24.8 Å². The average molecular weight is 276 g/mol. The minimum Gasteiger partial charge on any atom is -0.373 e. The highest BCUT2D eigenvalue weighted by Crippen LogP contribution is 2.23. The van der Waals surface area contributed by atoms with Crippen molar-refractivity contribution in [3.05, 3.63) is 35.9 Å². The van der Waals surface area contributed by atoms with Crippen LogP contribution >= 0.6 is 0 Å². The SMILES string of the molecule is CCC(C(=O)N1CCOC(CNC)C1)c1ccccc1. The van der Waals surface area contributed by atoms with E-state index in [4.69, 9.17) is 4.74 Å². The van der Waals surface area contributed by atoms with Crippen LogP contribution in [0.5, 0.6) is 0 Å². The Hall–Kier alpha value is -1.39. The Kier molecular flexibility index (Phi) is 5.56. The molecular weight excluding hydrogens is 252 g/mol. The van der Waals surface area contributed by atoms with Gasteiger partial charge in [0, 0.05) is 19.6 Å². The third kappa shape index (κ3) is 3.58. The summed E-state index contributed by atoms with van der Waals surface area (Å²) in [7, 11) is 1.91. The Morgan fingerprint density at radius 1 is 1.45 bits per heavy atom. The van der Waals surface area contributed by atoms with E-state index in [-0.39, 0.29) is 17.9 Å². The van der Waals surface area contributed by atoms with Gasteiger partial charge in [-0.05, 0) is 19.0 Å². The lowest BCUT2D eigenvalue weighted by Crippen LogP contribution is -2.49. The highest BCUT2D eigenvalue weighted by molar-refractivity contribution is 5.83. The van der Waals surface area contributed by atoms with E-state index in [1.165, 1.54) is 0 Å². The third-order valence-electron chi connectivity index (χ3n) is 3.79. The summed E-state index contributed by atoms with van der Waals surface area (Å²) in [5, 5.41) is 3.11. The fourth-order valence-electron chi connectivity index (χ4n) is 2.73. The number of carbonyl (C=O) groups is 1. The Labute approximate surface area is 121 Å². The zero-order chi connectivity index (χ0) is 14.4. The van der Waals surface area contributed by atoms with Crippen LogP contribution in [0, 0.1) is 0 Å². The van der Waals surface area contributed by atoms with Crippen molar-refractivity contribution in [3.63, 3.8) is 0 Å². The molecule has 20 heavy (non-hydrogen) atoms. The molecule has 4 heteroatoms. The van der Waals surface area contributed by atoms with Gasteiger partial charge in [-0.25, -0.2) is 0 Å². The number of morpholine rings is 1. The summed E-state index contributed by atoms with van der Waals surface area (Å²) < 4.78 is 5.66. The number of nitrogens with one attached hydrogen (secondary N) is 1. The molecule has 2 rings (SSSR count). The number of likely N-dealkylation sites (N-methyl/N-ethyl adjacent to an activating group) is 1. The first-order chi connectivity index (χ1) is 9.76. The van der Waals surface area contributed by atoms with Crippen LogP contribution < -0.4 is 5.32 Å². The lowest BCUT2D eigenvalue weighted by Gasteiger charge is -2.35. The Morgan fingerprint density at radius 3 is 2.85 bits per heavy atom. The van der Waals surface area contributed by atoms with E-state index in [2.05, 4.69) is 12.2 Å². The second-order valence-corrected chi connectivity index (χ2v) is 5.21. The van der Waals surface area contributed by atoms with Crippen LogP contribution in [0.3, 0.4) is 0 Å². The van der Waals surface area contributed by atoms with E-state index in [0.29, 0.717) is 19.7 Å². The van der Waals surface area contributed by atoms with Gasteiger partial charge >= 0.3 is 0 Å². The van der Waals surface area contributed by atoms with E-state index >= 15 is 0 Å². The van der Waals surface area contributed by atoms with E-state index in [1.807, 2.05) is 42.3 Å². The van der Waals surface area contributed by atoms with Gasteiger partial charge in [0.1, 0.15) is 0 Å². The number of hydrogen-bond donors (Lipinski definition) is 1. The molecule has 1 fully saturated rings. The number of rotatable bonds is 5. The maximum Gasteiger partial charge on any atom is 0.230 e. The van der Waals surface area contributed by atoms with Crippen LogP contribution in [0.4, 0.5) is 0 Å². The number of nitrogens with zero attached hydrogens (tertiary/aromatic N) is 1. The molecule has 0 saturated carbocycles. The van der Waals surface area contributed by atoms with Gasteiger partial charge in [-0.3, -0.25) is 4.79 Å². The summed E-state index contributed by atoms with van der Waals surface area (Å²) in [6.07, 6.45) is 0.933. The molecular formula is C16H24N2O2. The summed E-state index contributed by atoms with van der Waals surface area (Å²) in [5.74, 6) is 0.188. The maximum atomic E-state index is 12.7. The molecule has 110 valence electrons. The van der Waals surface area contributed by atoms with Crippen LogP contribution in [0.15, 0.2) is 30.3 Å². The summed E-state index contributed by atoms with van der Waals surface area (Å²) in [6.45, 7) is 4.86. The van der Waals surface area contributed by atoms with Crippen LogP contribution in [0.2, 0.25) is 0 Å². The number of ether oxygens (including phenoxy) is 1. The molecule has 0 spiro atoms. The van der Waals surface area contributed by atoms with Crippen LogP contribution in [0.25, 0.3) is 0 Å². The maximum absolute atomic E-state index is 12.7. The fraction of sp³-hybridized carbons (Fsp3) is 0.562. The van der Waals surface area contributed by atoms with Crippen molar-refractivity contribution in [1.82, 2.24) is 10.2 Å². The van der Waals surface area contributed by atoms with Gasteiger partial charge in [0.05, 0.1) is 18.6 Å². The van der Waals surface area contributed by atoms with E-state index < -0.39 is 0 Å². The molecule has 0 aromatic heterocycles. The quantitative estimate of drug-likeness (QED) is 0.888. The van der Waals surface area contributed by atoms with Crippen molar-refractivity contribution in [2.24, 2.45) is 0 Å². The summed E-state index contributed by atoms with van der Waals surface area (Å²) in [4.78, 5) is 14.7. The van der Waals surface area contributed by atoms with Crippen molar-refractivity contribution < 1.29 is 9.53 Å². The van der Waals surface area contributed by atoms with Gasteiger partial charge in [0.15, 0.2) is 0 Å². The van der Waals surface area contributed by atoms with Gasteiger partial charge in [0.25, 0.3) is 0 Å². The van der Waals surface area contributed by atoms with Crippen molar-refractivity contribution in [2.75, 3.05) is 33.3 Å². The van der Waals surface area contributed by atoms with E-state index in [0.717, 1.165) is 18.5 Å². The Balaban J connectivity index is 2.05. The molecule has 1 heterocycles. The summed E-state index contributed by atoms with van der Waals surface area (Å²) in [6, 6.07) is 10.1. The smallest absolute Gasteiger partial charge is 0.230 e. The molecule has 4 nitrogen and oxygen atoms in total. The number of carbonyl (C=O) groups excluding carboxylic acids is 1. The normalized spacial score (nSPS) is 20.7. The molecule has 1 N–H and O–H groups in total. The topological polar surface area (TPSA) is 41.6 Å². The number of hydrogen-bond acceptors (Lipinski definition) is 3. The largest absolute Gasteiger partial charge is 0.373 e. The first kappa shape index (κ1) is 15.0. The van der Waals surface area contributed by atoms with Crippen molar-refractivity contribution in [1.29, 1.82) is 0 Å². The molecule has 1 saturated heterocycles. The van der Waals surface area contributed by atoms with E-state index in [1.54, 1.807) is 0 Å². The lowest BCUT2D eigenvalue weighted by atomic mass is 9.94. The molecule has 0 bridgehead atoms. The van der Waals surface area contributed by atoms with Gasteiger partial charge in [-0.1, -0.05) is 37.3 Å². The molecule has 1 aliphatic heterocycles. The van der Waals surface area contributed by atoms with E-state index in [9.17, 15) is 4.79 Å². The molecule has 0 radical (unpaired) electrons. The first-order valence-corrected chi connectivity index (χ1v) is 7.36. The molecule has 2 atom stereocenters. The first-order valence-electron chi connectivity index (χ1n) is 7.36. The molecule has 1 aliphatic rings. The molecule has 1 amide bonds. The molecule has 1 aromatic rings. The van der Waals surface area contributed by atoms with Crippen molar-refractivity contribution in [2.45, 2.75) is 25.4 Å². The minimum atomic E-state index is -0.0375. The second-order valence-electron chi connectivity index (χ2n) is 5.21. The highest BCUT2D eigenvalue weighted by atomic mass is 16.5. The predicted octanol–water partition coefficient (Wildman–Crippen LogP) is 1.63. The minimum absolute atomic E-state index is 0.0375. The van der Waals surface area contributed by atoms with Gasteiger partial charge in [-0.2, -0.15) is 0 Å². The van der Waals surface area contributed by atoms with Crippen LogP contribution in [-0.2, 0) is 9.53 Å². The monoisotopic (exact) mass is 276 g/mol. The zero-order valence-electron chi connectivity index (χ0n) is 12.3. The summed E-state index contributed by atoms with van der Waals surface area (Å²) in [5.41, 5.74) is 1.11. The lowest BCUT2D eigenvalue weighted by molar-refractivity contribution is -0.140. The Morgan fingerprint density at radius 2 is 2.20 bits per heavy atom.